The molecule has 72 valence electrons. The number of carbonyl (C=O) groups is 1. The molecule has 0 aliphatic carbocycles. The van der Waals surface area contributed by atoms with E-state index < -0.39 is 0 Å². The third-order valence-electron chi connectivity index (χ3n) is 1.66. The molecule has 0 atom stereocenters. The topological polar surface area (TPSA) is 59.8 Å². The predicted molar refractivity (Wildman–Crippen MR) is 49.8 cm³/mol. The van der Waals surface area contributed by atoms with E-state index in [9.17, 15) is 4.79 Å². The molecule has 1 heterocycles. The van der Waals surface area contributed by atoms with Crippen LogP contribution in [-0.2, 0) is 6.54 Å². The van der Waals surface area contributed by atoms with Crippen LogP contribution in [-0.4, -0.2) is 28.1 Å². The summed E-state index contributed by atoms with van der Waals surface area (Å²) in [7, 11) is 1.76. The fourth-order valence-electron chi connectivity index (χ4n) is 1.13. The molecule has 0 saturated carbocycles. The third-order valence-corrected chi connectivity index (χ3v) is 1.66. The van der Waals surface area contributed by atoms with Crippen molar-refractivity contribution in [1.29, 1.82) is 0 Å². The first-order chi connectivity index (χ1) is 6.19. The Morgan fingerprint density at radius 1 is 1.54 bits per heavy atom. The zero-order valence-corrected chi connectivity index (χ0v) is 8.11. The van der Waals surface area contributed by atoms with Crippen molar-refractivity contribution in [3.05, 3.63) is 5.82 Å². The summed E-state index contributed by atoms with van der Waals surface area (Å²) in [4.78, 5) is 10.6. The molecule has 0 bridgehead atoms. The summed E-state index contributed by atoms with van der Waals surface area (Å²) in [6.07, 6.45) is 0.718. The molecular weight excluding hydrogens is 168 g/mol. The largest absolute Gasteiger partial charge is 0.357 e. The highest BCUT2D eigenvalue weighted by atomic mass is 16.1. The van der Waals surface area contributed by atoms with Gasteiger partial charge in [-0.1, -0.05) is 13.8 Å². The number of hydrogen-bond acceptors (Lipinski definition) is 4. The molecule has 0 saturated heterocycles. The quantitative estimate of drug-likeness (QED) is 0.699. The van der Waals surface area contributed by atoms with E-state index in [0.29, 0.717) is 17.7 Å². The summed E-state index contributed by atoms with van der Waals surface area (Å²) in [5.41, 5.74) is 0. The van der Waals surface area contributed by atoms with E-state index in [-0.39, 0.29) is 0 Å². The number of rotatable bonds is 4. The van der Waals surface area contributed by atoms with E-state index in [1.54, 1.807) is 11.6 Å². The van der Waals surface area contributed by atoms with Crippen molar-refractivity contribution < 1.29 is 4.79 Å². The number of nitrogens with one attached hydrogen (secondary N) is 1. The Morgan fingerprint density at radius 2 is 2.23 bits per heavy atom. The number of anilines is 1. The van der Waals surface area contributed by atoms with Gasteiger partial charge in [-0.15, -0.1) is 10.2 Å². The Bertz CT molecular complexity index is 292. The van der Waals surface area contributed by atoms with Crippen molar-refractivity contribution in [2.75, 3.05) is 12.4 Å². The van der Waals surface area contributed by atoms with Gasteiger partial charge in [0.15, 0.2) is 12.1 Å². The third kappa shape index (κ3) is 2.05. The maximum atomic E-state index is 10.6. The second kappa shape index (κ2) is 4.02. The second-order valence-corrected chi connectivity index (χ2v) is 3.25. The van der Waals surface area contributed by atoms with Crippen LogP contribution >= 0.6 is 0 Å². The van der Waals surface area contributed by atoms with Crippen LogP contribution in [0.25, 0.3) is 0 Å². The maximum absolute atomic E-state index is 10.6. The average Bonchev–Trinajstić information content (AvgIpc) is 2.46. The van der Waals surface area contributed by atoms with E-state index >= 15 is 0 Å². The highest BCUT2D eigenvalue weighted by molar-refractivity contribution is 5.69. The molecule has 0 fully saturated rings. The first kappa shape index (κ1) is 9.70. The molecule has 5 nitrogen and oxygen atoms in total. The summed E-state index contributed by atoms with van der Waals surface area (Å²) >= 11 is 0. The van der Waals surface area contributed by atoms with Gasteiger partial charge in [-0.2, -0.15) is 0 Å². The zero-order chi connectivity index (χ0) is 9.84. The molecule has 1 N–H and O–H groups in total. The second-order valence-electron chi connectivity index (χ2n) is 3.25. The van der Waals surface area contributed by atoms with Crippen LogP contribution in [0.2, 0.25) is 0 Å². The number of nitrogens with zero attached hydrogens (tertiary/aromatic N) is 3. The summed E-state index contributed by atoms with van der Waals surface area (Å²) in [5.74, 6) is 1.47. The summed E-state index contributed by atoms with van der Waals surface area (Å²) in [6.45, 7) is 4.90. The van der Waals surface area contributed by atoms with Gasteiger partial charge in [-0.3, -0.25) is 9.36 Å². The van der Waals surface area contributed by atoms with Crippen LogP contribution in [0.4, 0.5) is 5.95 Å². The van der Waals surface area contributed by atoms with Crippen LogP contribution in [0.5, 0.6) is 0 Å². The Labute approximate surface area is 77.2 Å². The molecule has 0 spiro atoms. The lowest BCUT2D eigenvalue weighted by Gasteiger charge is -2.09. The van der Waals surface area contributed by atoms with E-state index in [0.717, 1.165) is 12.8 Å². The van der Waals surface area contributed by atoms with Crippen molar-refractivity contribution >= 4 is 12.2 Å². The molecule has 0 unspecified atom stereocenters. The van der Waals surface area contributed by atoms with Gasteiger partial charge < -0.3 is 5.32 Å². The Morgan fingerprint density at radius 3 is 2.69 bits per heavy atom. The Hall–Kier alpha value is -1.39. The smallest absolute Gasteiger partial charge is 0.224 e. The van der Waals surface area contributed by atoms with Gasteiger partial charge in [0, 0.05) is 13.6 Å². The van der Waals surface area contributed by atoms with Crippen molar-refractivity contribution in [2.24, 2.45) is 5.92 Å². The van der Waals surface area contributed by atoms with Crippen LogP contribution in [0.15, 0.2) is 0 Å². The highest BCUT2D eigenvalue weighted by Crippen LogP contribution is 2.08. The van der Waals surface area contributed by atoms with Gasteiger partial charge in [0.25, 0.3) is 0 Å². The zero-order valence-electron chi connectivity index (χ0n) is 8.11. The monoisotopic (exact) mass is 182 g/mol. The Kier molecular flexibility index (Phi) is 3.00. The lowest BCUT2D eigenvalue weighted by Crippen LogP contribution is -2.11. The molecule has 1 aromatic rings. The van der Waals surface area contributed by atoms with Crippen LogP contribution < -0.4 is 5.32 Å². The molecule has 1 aromatic heterocycles. The van der Waals surface area contributed by atoms with Crippen LogP contribution in [0, 0.1) is 5.92 Å². The van der Waals surface area contributed by atoms with Crippen molar-refractivity contribution in [2.45, 2.75) is 20.4 Å². The molecule has 0 aliphatic heterocycles. The Balaban J connectivity index is 2.97. The van der Waals surface area contributed by atoms with Gasteiger partial charge >= 0.3 is 0 Å². The molecule has 0 aliphatic rings. The minimum Gasteiger partial charge on any atom is -0.357 e. The molecule has 0 aromatic carbocycles. The van der Waals surface area contributed by atoms with Crippen molar-refractivity contribution in [3.63, 3.8) is 0 Å². The average molecular weight is 182 g/mol. The first-order valence-corrected chi connectivity index (χ1v) is 4.25. The molecule has 5 heteroatoms. The van der Waals surface area contributed by atoms with Gasteiger partial charge in [0.05, 0.1) is 0 Å². The van der Waals surface area contributed by atoms with Gasteiger partial charge in [-0.25, -0.2) is 0 Å². The fourth-order valence-corrected chi connectivity index (χ4v) is 1.13. The first-order valence-electron chi connectivity index (χ1n) is 4.25. The minimum absolute atomic E-state index is 0.373. The van der Waals surface area contributed by atoms with Crippen molar-refractivity contribution in [1.82, 2.24) is 14.8 Å². The number of carbonyl (C=O) groups excluding carboxylic acids is 1. The summed E-state index contributed by atoms with van der Waals surface area (Å²) in [6, 6.07) is 0. The predicted octanol–water partition coefficient (Wildman–Crippen LogP) is 0.788. The van der Waals surface area contributed by atoms with E-state index in [1.165, 1.54) is 0 Å². The van der Waals surface area contributed by atoms with Crippen LogP contribution in [0.3, 0.4) is 0 Å². The molecule has 0 amide bonds. The lowest BCUT2D eigenvalue weighted by molar-refractivity contribution is 0.111. The lowest BCUT2D eigenvalue weighted by atomic mass is 10.2. The van der Waals surface area contributed by atoms with E-state index in [4.69, 9.17) is 0 Å². The molecule has 13 heavy (non-hydrogen) atoms. The highest BCUT2D eigenvalue weighted by Gasteiger charge is 2.10. The van der Waals surface area contributed by atoms with Gasteiger partial charge in [0.1, 0.15) is 0 Å². The van der Waals surface area contributed by atoms with Gasteiger partial charge in [-0.05, 0) is 5.92 Å². The molecule has 1 rings (SSSR count). The number of aromatic nitrogens is 3. The normalized spacial score (nSPS) is 10.5. The van der Waals surface area contributed by atoms with E-state index in [1.807, 2.05) is 0 Å². The van der Waals surface area contributed by atoms with Crippen molar-refractivity contribution in [3.8, 4) is 0 Å². The maximum Gasteiger partial charge on any atom is 0.224 e. The SMILES string of the molecule is CNc1nnc(C=O)n1CC(C)C. The van der Waals surface area contributed by atoms with Gasteiger partial charge in [0.2, 0.25) is 5.95 Å². The van der Waals surface area contributed by atoms with E-state index in [2.05, 4.69) is 29.4 Å². The number of aldehydes is 1. The molecular formula is C8H14N4O. The standard InChI is InChI=1S/C8H14N4O/c1-6(2)4-12-7(5-13)10-11-8(12)9-3/h5-6H,4H2,1-3H3,(H,9,11). The fraction of sp³-hybridized carbons (Fsp3) is 0.625. The molecule has 0 radical (unpaired) electrons. The number of hydrogen-bond donors (Lipinski definition) is 1. The minimum atomic E-state index is 0.373. The summed E-state index contributed by atoms with van der Waals surface area (Å²) in [5, 5.41) is 10.5. The van der Waals surface area contributed by atoms with Crippen LogP contribution in [0.1, 0.15) is 24.5 Å². The summed E-state index contributed by atoms with van der Waals surface area (Å²) < 4.78 is 1.78.